The Morgan fingerprint density at radius 3 is 2.70 bits per heavy atom. The summed E-state index contributed by atoms with van der Waals surface area (Å²) >= 11 is 5.69. The largest absolute Gasteiger partial charge is 0.324 e. The van der Waals surface area contributed by atoms with Crippen molar-refractivity contribution in [3.8, 4) is 0 Å². The molecule has 1 aromatic rings. The van der Waals surface area contributed by atoms with Crippen molar-refractivity contribution in [3.05, 3.63) is 23.0 Å². The van der Waals surface area contributed by atoms with Crippen LogP contribution in [0.1, 0.15) is 26.2 Å². The second-order valence-corrected chi connectivity index (χ2v) is 7.36. The van der Waals surface area contributed by atoms with Gasteiger partial charge in [-0.2, -0.15) is 0 Å². The number of nitrogens with zero attached hydrogens (tertiary/aromatic N) is 1. The molecule has 2 aliphatic rings. The van der Waals surface area contributed by atoms with Gasteiger partial charge in [-0.15, -0.1) is 0 Å². The van der Waals surface area contributed by atoms with Gasteiger partial charge in [0.25, 0.3) is 10.0 Å². The van der Waals surface area contributed by atoms with Crippen molar-refractivity contribution in [2.45, 2.75) is 36.6 Å². The molecule has 1 aromatic carbocycles. The first-order valence-corrected chi connectivity index (χ1v) is 8.04. The number of halogens is 2. The Balaban J connectivity index is 2.05. The van der Waals surface area contributed by atoms with Gasteiger partial charge < -0.3 is 5.32 Å². The standard InChI is InChI=1S/C12H13ClFN3O2S/c1-12(3-2-4-12)16-11-15-9-5-7(13)8(14)6-10(9)20(18,19)17-11/h5-6H,2-4H2,1H3,(H2,15,16,17). The summed E-state index contributed by atoms with van der Waals surface area (Å²) < 4.78 is 39.9. The highest BCUT2D eigenvalue weighted by molar-refractivity contribution is 7.90. The summed E-state index contributed by atoms with van der Waals surface area (Å²) in [6.45, 7) is 1.96. The number of rotatable bonds is 1. The molecule has 2 N–H and O–H groups in total. The normalized spacial score (nSPS) is 24.2. The zero-order valence-corrected chi connectivity index (χ0v) is 12.3. The highest BCUT2D eigenvalue weighted by Gasteiger charge is 2.34. The highest BCUT2D eigenvalue weighted by atomic mass is 35.5. The summed E-state index contributed by atoms with van der Waals surface area (Å²) in [6, 6.07) is 2.15. The van der Waals surface area contributed by atoms with Gasteiger partial charge >= 0.3 is 0 Å². The van der Waals surface area contributed by atoms with Crippen LogP contribution < -0.4 is 10.0 Å². The van der Waals surface area contributed by atoms with E-state index in [1.165, 1.54) is 6.07 Å². The van der Waals surface area contributed by atoms with Gasteiger partial charge in [-0.1, -0.05) is 11.6 Å². The number of hydrogen-bond acceptors (Lipinski definition) is 3. The van der Waals surface area contributed by atoms with Crippen molar-refractivity contribution < 1.29 is 12.8 Å². The summed E-state index contributed by atoms with van der Waals surface area (Å²) in [5, 5.41) is 2.72. The van der Waals surface area contributed by atoms with E-state index in [9.17, 15) is 12.8 Å². The summed E-state index contributed by atoms with van der Waals surface area (Å²) in [6.07, 6.45) is 2.90. The van der Waals surface area contributed by atoms with Crippen LogP contribution in [0.4, 0.5) is 10.1 Å². The first-order valence-electron chi connectivity index (χ1n) is 6.18. The lowest BCUT2D eigenvalue weighted by Gasteiger charge is -2.35. The van der Waals surface area contributed by atoms with Crippen molar-refractivity contribution in [1.29, 1.82) is 0 Å². The van der Waals surface area contributed by atoms with Crippen LogP contribution in [0.3, 0.4) is 0 Å². The SMILES string of the molecule is CC1(N=C2Nc3cc(Cl)c(F)cc3S(=O)(=O)N2)CCC1. The molecule has 108 valence electrons. The number of fused-ring (bicyclic) bond motifs is 1. The van der Waals surface area contributed by atoms with Gasteiger partial charge in [0.15, 0.2) is 0 Å². The Hall–Kier alpha value is -1.34. The molecule has 20 heavy (non-hydrogen) atoms. The van der Waals surface area contributed by atoms with E-state index in [1.807, 2.05) is 6.92 Å². The summed E-state index contributed by atoms with van der Waals surface area (Å²) in [4.78, 5) is 4.23. The number of hydrogen-bond donors (Lipinski definition) is 2. The minimum atomic E-state index is -3.83. The van der Waals surface area contributed by atoms with Crippen LogP contribution in [0.25, 0.3) is 0 Å². The van der Waals surface area contributed by atoms with E-state index in [0.717, 1.165) is 25.3 Å². The number of guanidine groups is 1. The molecule has 0 unspecified atom stereocenters. The van der Waals surface area contributed by atoms with E-state index in [4.69, 9.17) is 11.6 Å². The molecule has 1 aliphatic heterocycles. The van der Waals surface area contributed by atoms with Crippen molar-refractivity contribution in [1.82, 2.24) is 4.72 Å². The monoisotopic (exact) mass is 317 g/mol. The van der Waals surface area contributed by atoms with E-state index < -0.39 is 15.8 Å². The van der Waals surface area contributed by atoms with Crippen LogP contribution in [0.15, 0.2) is 22.0 Å². The van der Waals surface area contributed by atoms with Crippen LogP contribution in [0.5, 0.6) is 0 Å². The minimum absolute atomic E-state index is 0.137. The van der Waals surface area contributed by atoms with Crippen LogP contribution in [-0.2, 0) is 10.0 Å². The molecule has 1 saturated carbocycles. The Kier molecular flexibility index (Phi) is 2.95. The molecule has 0 amide bonds. The predicted octanol–water partition coefficient (Wildman–Crippen LogP) is 2.48. The first kappa shape index (κ1) is 13.6. The van der Waals surface area contributed by atoms with Crippen molar-refractivity contribution >= 4 is 33.3 Å². The van der Waals surface area contributed by atoms with Gasteiger partial charge in [-0.3, -0.25) is 0 Å². The van der Waals surface area contributed by atoms with Gasteiger partial charge in [-0.05, 0) is 38.3 Å². The molecule has 1 aliphatic carbocycles. The summed E-state index contributed by atoms with van der Waals surface area (Å²) in [7, 11) is -3.83. The van der Waals surface area contributed by atoms with E-state index >= 15 is 0 Å². The third-order valence-corrected chi connectivity index (χ3v) is 5.28. The molecular formula is C12H13ClFN3O2S. The fourth-order valence-corrected chi connectivity index (χ4v) is 3.59. The molecule has 3 rings (SSSR count). The fourth-order valence-electron chi connectivity index (χ4n) is 2.30. The van der Waals surface area contributed by atoms with Gasteiger partial charge in [0.1, 0.15) is 10.7 Å². The van der Waals surface area contributed by atoms with E-state index in [2.05, 4.69) is 15.0 Å². The Labute approximate surface area is 121 Å². The molecule has 0 bridgehead atoms. The average molecular weight is 318 g/mol. The topological polar surface area (TPSA) is 70.6 Å². The predicted molar refractivity (Wildman–Crippen MR) is 75.0 cm³/mol. The van der Waals surface area contributed by atoms with Gasteiger partial charge in [0.2, 0.25) is 5.96 Å². The molecule has 1 heterocycles. The molecule has 5 nitrogen and oxygen atoms in total. The van der Waals surface area contributed by atoms with Crippen molar-refractivity contribution in [3.63, 3.8) is 0 Å². The van der Waals surface area contributed by atoms with Crippen LogP contribution in [0.2, 0.25) is 5.02 Å². The Bertz CT molecular complexity index is 714. The fraction of sp³-hybridized carbons (Fsp3) is 0.417. The third-order valence-electron chi connectivity index (χ3n) is 3.61. The number of nitrogens with one attached hydrogen (secondary N) is 2. The van der Waals surface area contributed by atoms with Gasteiger partial charge in [0, 0.05) is 0 Å². The smallest absolute Gasteiger partial charge is 0.266 e. The van der Waals surface area contributed by atoms with Gasteiger partial charge in [0.05, 0.1) is 16.2 Å². The maximum Gasteiger partial charge on any atom is 0.266 e. The van der Waals surface area contributed by atoms with E-state index in [-0.39, 0.29) is 27.1 Å². The second kappa shape index (κ2) is 4.33. The molecule has 0 saturated heterocycles. The molecule has 0 atom stereocenters. The zero-order valence-electron chi connectivity index (χ0n) is 10.7. The molecule has 1 fully saturated rings. The Morgan fingerprint density at radius 2 is 2.10 bits per heavy atom. The lowest BCUT2D eigenvalue weighted by molar-refractivity contribution is 0.279. The van der Waals surface area contributed by atoms with E-state index in [1.54, 1.807) is 0 Å². The van der Waals surface area contributed by atoms with Crippen molar-refractivity contribution in [2.24, 2.45) is 4.99 Å². The van der Waals surface area contributed by atoms with Gasteiger partial charge in [-0.25, -0.2) is 22.5 Å². The quantitative estimate of drug-likeness (QED) is 0.836. The molecule has 0 aromatic heterocycles. The maximum atomic E-state index is 13.4. The van der Waals surface area contributed by atoms with E-state index in [0.29, 0.717) is 0 Å². The highest BCUT2D eigenvalue weighted by Crippen LogP contribution is 2.36. The lowest BCUT2D eigenvalue weighted by Crippen LogP contribution is -2.44. The molecule has 8 heteroatoms. The van der Waals surface area contributed by atoms with Crippen molar-refractivity contribution in [2.75, 3.05) is 5.32 Å². The number of benzene rings is 1. The Morgan fingerprint density at radius 1 is 1.40 bits per heavy atom. The average Bonchev–Trinajstić information content (AvgIpc) is 2.29. The summed E-state index contributed by atoms with van der Waals surface area (Å²) in [5.74, 6) is -0.619. The zero-order chi connectivity index (χ0) is 14.5. The number of aliphatic imine (C=N–C) groups is 1. The molecular weight excluding hydrogens is 305 g/mol. The molecule has 0 spiro atoms. The lowest BCUT2D eigenvalue weighted by atomic mass is 9.79. The maximum absolute atomic E-state index is 13.4. The van der Waals surface area contributed by atoms with Crippen LogP contribution in [0, 0.1) is 5.82 Å². The first-order chi connectivity index (χ1) is 9.29. The summed E-state index contributed by atoms with van der Waals surface area (Å²) in [5.41, 5.74) is -0.0107. The molecule has 0 radical (unpaired) electrons. The minimum Gasteiger partial charge on any atom is -0.324 e. The number of sulfonamides is 1. The number of anilines is 1. The van der Waals surface area contributed by atoms with Crippen LogP contribution in [-0.4, -0.2) is 19.9 Å². The second-order valence-electron chi connectivity index (χ2n) is 5.30. The third kappa shape index (κ3) is 2.25. The van der Waals surface area contributed by atoms with Crippen LogP contribution >= 0.6 is 11.6 Å².